The van der Waals surface area contributed by atoms with Crippen LogP contribution in [0.5, 0.6) is 0 Å². The highest BCUT2D eigenvalue weighted by atomic mass is 32.2. The fourth-order valence-corrected chi connectivity index (χ4v) is 6.18. The largest absolute Gasteiger partial charge is 0.444 e. The number of nitrogens with zero attached hydrogens (tertiary/aromatic N) is 6. The predicted molar refractivity (Wildman–Crippen MR) is 152 cm³/mol. The molecule has 12 heteroatoms. The van der Waals surface area contributed by atoms with E-state index in [9.17, 15) is 8.60 Å². The van der Waals surface area contributed by atoms with Crippen LogP contribution in [0.4, 0.5) is 27.8 Å². The Bertz CT molecular complexity index is 1410. The van der Waals surface area contributed by atoms with E-state index < -0.39 is 22.9 Å². The number of alkyl halides is 1. The standard InChI is InChI=1S/C27H36FN8O2S/c1-15(2)19-11-32-26(36-13-21(16(36)3)17(4)39(29)37)20-12-31-25(10-18(19)20)33-24-6-8-30-27(34-24)35-9-7-23(38-5)22(28)14-35/h6,8,10-12,15-17,21-23,29H,7,9,13-14H2,1-5H3,(H,30,31,33,34)/q-1/t16-,17+,21?,22-,23+/m1/s1. The molecular weight excluding hydrogens is 519 g/mol. The van der Waals surface area contributed by atoms with Gasteiger partial charge in [0, 0.05) is 50.2 Å². The number of rotatable bonds is 8. The fourth-order valence-electron chi connectivity index (χ4n) is 5.55. The molecule has 5 heterocycles. The van der Waals surface area contributed by atoms with E-state index in [2.05, 4.69) is 45.9 Å². The van der Waals surface area contributed by atoms with Crippen LogP contribution in [-0.2, 0) is 19.5 Å². The van der Waals surface area contributed by atoms with Crippen LogP contribution in [0, 0.1) is 10.7 Å². The SMILES string of the molecule is CO[C@H]1CCN(c2nccc(Nc3cc4c(C(C)C)cnc(N5CC([C@H](C)[S-](=N)=O)[C@H]5C)c4cn3)n2)C[C@H]1F. The third-order valence-corrected chi connectivity index (χ3v) is 9.13. The first-order valence-electron chi connectivity index (χ1n) is 13.4. The minimum Gasteiger partial charge on any atom is -0.444 e. The Morgan fingerprint density at radius 1 is 1.15 bits per heavy atom. The second kappa shape index (κ2) is 11.2. The summed E-state index contributed by atoms with van der Waals surface area (Å²) < 4.78 is 39.0. The summed E-state index contributed by atoms with van der Waals surface area (Å²) >= 11 is 0. The molecule has 2 aliphatic heterocycles. The van der Waals surface area contributed by atoms with Crippen molar-refractivity contribution in [2.45, 2.75) is 63.6 Å². The lowest BCUT2D eigenvalue weighted by molar-refractivity contribution is 0.0194. The van der Waals surface area contributed by atoms with Gasteiger partial charge in [0.15, 0.2) is 0 Å². The summed E-state index contributed by atoms with van der Waals surface area (Å²) in [7, 11) is -0.0634. The zero-order valence-corrected chi connectivity index (χ0v) is 23.8. The normalized spacial score (nSPS) is 24.3. The molecule has 0 aromatic carbocycles. The van der Waals surface area contributed by atoms with Gasteiger partial charge in [0.2, 0.25) is 5.95 Å². The van der Waals surface area contributed by atoms with Gasteiger partial charge in [-0.3, -0.25) is 0 Å². The average molecular weight is 556 g/mol. The lowest BCUT2D eigenvalue weighted by atomic mass is 9.86. The van der Waals surface area contributed by atoms with Crippen LogP contribution in [0.1, 0.15) is 45.6 Å². The molecule has 3 aromatic rings. The first-order chi connectivity index (χ1) is 18.7. The van der Waals surface area contributed by atoms with Crippen LogP contribution in [0.15, 0.2) is 30.7 Å². The molecule has 0 amide bonds. The van der Waals surface area contributed by atoms with E-state index in [4.69, 9.17) is 14.5 Å². The van der Waals surface area contributed by atoms with Crippen molar-refractivity contribution in [2.75, 3.05) is 41.9 Å². The van der Waals surface area contributed by atoms with Gasteiger partial charge in [-0.15, -0.1) is 0 Å². The van der Waals surface area contributed by atoms with Crippen LogP contribution in [0.3, 0.4) is 0 Å². The monoisotopic (exact) mass is 555 g/mol. The van der Waals surface area contributed by atoms with Crippen LogP contribution >= 0.6 is 0 Å². The van der Waals surface area contributed by atoms with E-state index in [1.807, 2.05) is 30.3 Å². The van der Waals surface area contributed by atoms with Gasteiger partial charge in [-0.1, -0.05) is 26.0 Å². The van der Waals surface area contributed by atoms with Gasteiger partial charge in [-0.05, 0) is 48.3 Å². The molecular formula is C27H36FN8O2S-. The van der Waals surface area contributed by atoms with Crippen LogP contribution in [0.25, 0.3) is 10.8 Å². The van der Waals surface area contributed by atoms with Gasteiger partial charge < -0.3 is 28.8 Å². The molecule has 0 bridgehead atoms. The van der Waals surface area contributed by atoms with Crippen molar-refractivity contribution in [1.29, 1.82) is 4.78 Å². The molecule has 0 saturated carbocycles. The maximum Gasteiger partial charge on any atom is 0.227 e. The molecule has 0 aliphatic carbocycles. The van der Waals surface area contributed by atoms with Gasteiger partial charge in [0.05, 0.1) is 12.6 Å². The summed E-state index contributed by atoms with van der Waals surface area (Å²) in [6, 6.07) is 3.91. The minimum absolute atomic E-state index is 0.130. The number of anilines is 4. The summed E-state index contributed by atoms with van der Waals surface area (Å²) in [5.74, 6) is 2.97. The highest BCUT2D eigenvalue weighted by Crippen LogP contribution is 2.39. The van der Waals surface area contributed by atoms with Crippen molar-refractivity contribution in [1.82, 2.24) is 19.9 Å². The van der Waals surface area contributed by atoms with Crippen LogP contribution < -0.4 is 15.1 Å². The van der Waals surface area contributed by atoms with Gasteiger partial charge in [0.1, 0.15) is 23.6 Å². The summed E-state index contributed by atoms with van der Waals surface area (Å²) in [6.45, 7) is 9.77. The summed E-state index contributed by atoms with van der Waals surface area (Å²) in [5, 5.41) is 5.11. The van der Waals surface area contributed by atoms with Crippen molar-refractivity contribution < 1.29 is 13.3 Å². The molecule has 2 aliphatic rings. The Labute approximate surface area is 230 Å². The number of piperidine rings is 1. The number of nitrogens with one attached hydrogen (secondary N) is 2. The predicted octanol–water partition coefficient (Wildman–Crippen LogP) is 4.79. The van der Waals surface area contributed by atoms with E-state index in [0.717, 1.165) is 22.2 Å². The molecule has 3 aromatic heterocycles. The number of fused-ring (bicyclic) bond motifs is 1. The van der Waals surface area contributed by atoms with E-state index >= 15 is 0 Å². The third kappa shape index (κ3) is 5.36. The van der Waals surface area contributed by atoms with E-state index in [-0.39, 0.29) is 29.7 Å². The van der Waals surface area contributed by atoms with Crippen LogP contribution in [0.2, 0.25) is 0 Å². The van der Waals surface area contributed by atoms with E-state index in [0.29, 0.717) is 37.1 Å². The number of aromatic nitrogens is 4. The zero-order chi connectivity index (χ0) is 27.8. The Balaban J connectivity index is 1.40. The molecule has 0 radical (unpaired) electrons. The summed E-state index contributed by atoms with van der Waals surface area (Å²) in [6.07, 6.45) is 4.52. The highest BCUT2D eigenvalue weighted by Gasteiger charge is 2.38. The first-order valence-corrected chi connectivity index (χ1v) is 14.6. The smallest absolute Gasteiger partial charge is 0.227 e. The molecule has 5 rings (SSSR count). The molecule has 2 fully saturated rings. The molecule has 2 N–H and O–H groups in total. The molecule has 0 spiro atoms. The average Bonchev–Trinajstić information content (AvgIpc) is 2.92. The Hall–Kier alpha value is -3.12. The third-order valence-electron chi connectivity index (χ3n) is 8.10. The summed E-state index contributed by atoms with van der Waals surface area (Å²) in [5.41, 5.74) is 1.11. The van der Waals surface area contributed by atoms with E-state index in [1.165, 1.54) is 0 Å². The topological polar surface area (TPSA) is 120 Å². The minimum atomic E-state index is -1.60. The van der Waals surface area contributed by atoms with Gasteiger partial charge >= 0.3 is 0 Å². The second-order valence-corrected chi connectivity index (χ2v) is 12.1. The molecule has 39 heavy (non-hydrogen) atoms. The fraction of sp³-hybridized carbons (Fsp3) is 0.556. The lowest BCUT2D eigenvalue weighted by Crippen LogP contribution is -2.59. The molecule has 210 valence electrons. The van der Waals surface area contributed by atoms with Crippen molar-refractivity contribution >= 4 is 44.8 Å². The highest BCUT2D eigenvalue weighted by molar-refractivity contribution is 7.74. The number of halogens is 1. The maximum atomic E-state index is 14.4. The Kier molecular flexibility index (Phi) is 7.86. The molecule has 5 atom stereocenters. The summed E-state index contributed by atoms with van der Waals surface area (Å²) in [4.78, 5) is 22.5. The molecule has 10 nitrogen and oxygen atoms in total. The van der Waals surface area contributed by atoms with Gasteiger partial charge in [-0.25, -0.2) is 19.3 Å². The second-order valence-electron chi connectivity index (χ2n) is 10.8. The number of ether oxygens (including phenoxy) is 1. The van der Waals surface area contributed by atoms with Gasteiger partial charge in [0.25, 0.3) is 0 Å². The van der Waals surface area contributed by atoms with Crippen molar-refractivity contribution in [3.8, 4) is 0 Å². The van der Waals surface area contributed by atoms with Crippen molar-refractivity contribution in [3.05, 3.63) is 36.3 Å². The number of hydrogen-bond acceptors (Lipinski definition) is 11. The zero-order valence-electron chi connectivity index (χ0n) is 23.0. The Morgan fingerprint density at radius 3 is 2.62 bits per heavy atom. The van der Waals surface area contributed by atoms with Crippen molar-refractivity contribution in [2.24, 2.45) is 5.92 Å². The lowest BCUT2D eigenvalue weighted by Gasteiger charge is -2.51. The first kappa shape index (κ1) is 27.4. The van der Waals surface area contributed by atoms with Crippen LogP contribution in [-0.4, -0.2) is 70.2 Å². The number of hydrogen-bond donors (Lipinski definition) is 2. The van der Waals surface area contributed by atoms with Gasteiger partial charge in [-0.2, -0.15) is 15.6 Å². The Morgan fingerprint density at radius 2 is 1.95 bits per heavy atom. The molecule has 1 unspecified atom stereocenters. The quantitative estimate of drug-likeness (QED) is 0.378. The van der Waals surface area contributed by atoms with E-state index in [1.54, 1.807) is 19.4 Å². The number of pyridine rings is 2. The number of methoxy groups -OCH3 is 1. The maximum absolute atomic E-state index is 14.4. The van der Waals surface area contributed by atoms with Crippen molar-refractivity contribution in [3.63, 3.8) is 0 Å². The molecule has 2 saturated heterocycles.